The highest BCUT2D eigenvalue weighted by Gasteiger charge is 2.08. The van der Waals surface area contributed by atoms with Crippen LogP contribution in [0.2, 0.25) is 0 Å². The molecule has 0 atom stereocenters. The Labute approximate surface area is 171 Å². The summed E-state index contributed by atoms with van der Waals surface area (Å²) in [4.78, 5) is 35.9. The van der Waals surface area contributed by atoms with E-state index in [4.69, 9.17) is 0 Å². The number of nitrogens with one attached hydrogen (secondary N) is 4. The van der Waals surface area contributed by atoms with E-state index in [1.165, 1.54) is 0 Å². The van der Waals surface area contributed by atoms with Gasteiger partial charge in [0.05, 0.1) is 6.54 Å². The average molecular weight is 396 g/mol. The predicted molar refractivity (Wildman–Crippen MR) is 116 cm³/mol. The van der Waals surface area contributed by atoms with Crippen LogP contribution in [0.1, 0.15) is 42.6 Å². The fraction of sp³-hybridized carbons (Fsp3) is 0.318. The molecule has 29 heavy (non-hydrogen) atoms. The molecule has 3 amide bonds. The second-order valence-corrected chi connectivity index (χ2v) is 6.67. The third-order valence-electron chi connectivity index (χ3n) is 4.23. The van der Waals surface area contributed by atoms with Gasteiger partial charge in [-0.05, 0) is 49.2 Å². The molecule has 0 aliphatic rings. The summed E-state index contributed by atoms with van der Waals surface area (Å²) in [5.41, 5.74) is 3.42. The zero-order valence-electron chi connectivity index (χ0n) is 17.1. The Hall–Kier alpha value is -3.35. The van der Waals surface area contributed by atoms with Gasteiger partial charge >= 0.3 is 0 Å². The Morgan fingerprint density at radius 3 is 2.41 bits per heavy atom. The number of amides is 3. The molecule has 0 fully saturated rings. The minimum absolute atomic E-state index is 0.0462. The third kappa shape index (κ3) is 6.95. The standard InChI is InChI=1S/C22H28N4O3/c1-4-11-23-22(29)16-7-6-8-17(12-16)24-14-21(28)25-18-10-9-15(3)19(13-18)26-20(27)5-2/h6-10,12-13,24H,4-5,11,14H2,1-3H3,(H,23,29)(H,25,28)(H,26,27). The molecule has 0 aliphatic heterocycles. The van der Waals surface area contributed by atoms with E-state index in [1.807, 2.05) is 19.9 Å². The highest BCUT2D eigenvalue weighted by molar-refractivity contribution is 5.97. The van der Waals surface area contributed by atoms with E-state index in [2.05, 4.69) is 21.3 Å². The van der Waals surface area contributed by atoms with Crippen LogP contribution >= 0.6 is 0 Å². The van der Waals surface area contributed by atoms with Crippen molar-refractivity contribution >= 4 is 34.8 Å². The zero-order chi connectivity index (χ0) is 21.2. The van der Waals surface area contributed by atoms with Crippen molar-refractivity contribution in [2.24, 2.45) is 0 Å². The summed E-state index contributed by atoms with van der Waals surface area (Å²) in [6, 6.07) is 12.4. The molecule has 0 spiro atoms. The molecule has 7 heteroatoms. The van der Waals surface area contributed by atoms with Crippen molar-refractivity contribution in [1.82, 2.24) is 5.32 Å². The number of anilines is 3. The summed E-state index contributed by atoms with van der Waals surface area (Å²) in [7, 11) is 0. The molecule has 0 bridgehead atoms. The third-order valence-corrected chi connectivity index (χ3v) is 4.23. The molecule has 0 saturated heterocycles. The largest absolute Gasteiger partial charge is 0.376 e. The Kier molecular flexibility index (Phi) is 8.21. The van der Waals surface area contributed by atoms with E-state index in [9.17, 15) is 14.4 Å². The number of benzene rings is 2. The Balaban J connectivity index is 1.94. The lowest BCUT2D eigenvalue weighted by Crippen LogP contribution is -2.24. The molecule has 2 aromatic rings. The first-order valence-corrected chi connectivity index (χ1v) is 9.75. The smallest absolute Gasteiger partial charge is 0.251 e. The maximum atomic E-state index is 12.3. The minimum Gasteiger partial charge on any atom is -0.376 e. The average Bonchev–Trinajstić information content (AvgIpc) is 2.73. The number of carbonyl (C=O) groups is 3. The van der Waals surface area contributed by atoms with Crippen LogP contribution < -0.4 is 21.3 Å². The monoisotopic (exact) mass is 396 g/mol. The Bertz CT molecular complexity index is 880. The van der Waals surface area contributed by atoms with Crippen LogP contribution in [0.25, 0.3) is 0 Å². The van der Waals surface area contributed by atoms with Crippen molar-refractivity contribution in [2.45, 2.75) is 33.6 Å². The van der Waals surface area contributed by atoms with Crippen LogP contribution in [0.15, 0.2) is 42.5 Å². The van der Waals surface area contributed by atoms with Gasteiger partial charge in [-0.15, -0.1) is 0 Å². The van der Waals surface area contributed by atoms with Crippen LogP contribution in [0.5, 0.6) is 0 Å². The van der Waals surface area contributed by atoms with Crippen molar-refractivity contribution in [3.63, 3.8) is 0 Å². The normalized spacial score (nSPS) is 10.2. The first-order valence-electron chi connectivity index (χ1n) is 9.75. The Morgan fingerprint density at radius 1 is 0.897 bits per heavy atom. The summed E-state index contributed by atoms with van der Waals surface area (Å²) in [6.45, 7) is 6.33. The van der Waals surface area contributed by atoms with Gasteiger partial charge in [0.2, 0.25) is 11.8 Å². The summed E-state index contributed by atoms with van der Waals surface area (Å²) in [5, 5.41) is 11.5. The number of hydrogen-bond acceptors (Lipinski definition) is 4. The molecule has 0 unspecified atom stereocenters. The van der Waals surface area contributed by atoms with Gasteiger partial charge in [-0.2, -0.15) is 0 Å². The van der Waals surface area contributed by atoms with E-state index in [-0.39, 0.29) is 24.3 Å². The van der Waals surface area contributed by atoms with Gasteiger partial charge in [-0.25, -0.2) is 0 Å². The number of aryl methyl sites for hydroxylation is 1. The second-order valence-electron chi connectivity index (χ2n) is 6.67. The summed E-state index contributed by atoms with van der Waals surface area (Å²) in [6.07, 6.45) is 1.25. The molecule has 0 radical (unpaired) electrons. The molecule has 0 aliphatic carbocycles. The lowest BCUT2D eigenvalue weighted by Gasteiger charge is -2.12. The summed E-state index contributed by atoms with van der Waals surface area (Å²) < 4.78 is 0. The molecule has 2 rings (SSSR count). The van der Waals surface area contributed by atoms with Gasteiger partial charge in [0.1, 0.15) is 0 Å². The molecule has 0 aromatic heterocycles. The maximum absolute atomic E-state index is 12.3. The summed E-state index contributed by atoms with van der Waals surface area (Å²) >= 11 is 0. The molecule has 4 N–H and O–H groups in total. The van der Waals surface area contributed by atoms with Gasteiger partial charge in [0.25, 0.3) is 5.91 Å². The topological polar surface area (TPSA) is 99.3 Å². The van der Waals surface area contributed by atoms with Crippen molar-refractivity contribution in [3.8, 4) is 0 Å². The van der Waals surface area contributed by atoms with E-state index in [0.717, 1.165) is 12.0 Å². The fourth-order valence-electron chi connectivity index (χ4n) is 2.57. The lowest BCUT2D eigenvalue weighted by molar-refractivity contribution is -0.116. The van der Waals surface area contributed by atoms with Crippen LogP contribution in [0, 0.1) is 6.92 Å². The molecule has 0 heterocycles. The van der Waals surface area contributed by atoms with E-state index >= 15 is 0 Å². The van der Waals surface area contributed by atoms with Crippen LogP contribution in [-0.4, -0.2) is 30.8 Å². The zero-order valence-corrected chi connectivity index (χ0v) is 17.1. The lowest BCUT2D eigenvalue weighted by atomic mass is 10.1. The van der Waals surface area contributed by atoms with Gasteiger partial charge in [-0.3, -0.25) is 14.4 Å². The molecular formula is C22H28N4O3. The van der Waals surface area contributed by atoms with Crippen LogP contribution in [0.4, 0.5) is 17.1 Å². The van der Waals surface area contributed by atoms with E-state index in [1.54, 1.807) is 43.3 Å². The molecule has 7 nitrogen and oxygen atoms in total. The van der Waals surface area contributed by atoms with Crippen molar-refractivity contribution in [3.05, 3.63) is 53.6 Å². The first-order chi connectivity index (χ1) is 13.9. The number of rotatable bonds is 9. The highest BCUT2D eigenvalue weighted by Crippen LogP contribution is 2.20. The quantitative estimate of drug-likeness (QED) is 0.521. The molecular weight excluding hydrogens is 368 g/mol. The highest BCUT2D eigenvalue weighted by atomic mass is 16.2. The van der Waals surface area contributed by atoms with Gasteiger partial charge < -0.3 is 21.3 Å². The van der Waals surface area contributed by atoms with Crippen molar-refractivity contribution in [1.29, 1.82) is 0 Å². The maximum Gasteiger partial charge on any atom is 0.251 e. The molecule has 154 valence electrons. The molecule has 2 aromatic carbocycles. The van der Waals surface area contributed by atoms with Gasteiger partial charge in [0, 0.05) is 35.6 Å². The number of hydrogen-bond donors (Lipinski definition) is 4. The van der Waals surface area contributed by atoms with Crippen LogP contribution in [-0.2, 0) is 9.59 Å². The van der Waals surface area contributed by atoms with Crippen LogP contribution in [0.3, 0.4) is 0 Å². The second kappa shape index (κ2) is 10.8. The van der Waals surface area contributed by atoms with Crippen molar-refractivity contribution in [2.75, 3.05) is 29.0 Å². The van der Waals surface area contributed by atoms with Crippen molar-refractivity contribution < 1.29 is 14.4 Å². The van der Waals surface area contributed by atoms with Gasteiger partial charge in [0.15, 0.2) is 0 Å². The van der Waals surface area contributed by atoms with Gasteiger partial charge in [-0.1, -0.05) is 26.0 Å². The Morgan fingerprint density at radius 2 is 1.69 bits per heavy atom. The van der Waals surface area contributed by atoms with E-state index < -0.39 is 0 Å². The predicted octanol–water partition coefficient (Wildman–Crippen LogP) is 3.53. The first kappa shape index (κ1) is 21.9. The number of carbonyl (C=O) groups excluding carboxylic acids is 3. The van der Waals surface area contributed by atoms with E-state index in [0.29, 0.717) is 35.6 Å². The molecule has 0 saturated carbocycles. The fourth-order valence-corrected chi connectivity index (χ4v) is 2.57. The summed E-state index contributed by atoms with van der Waals surface area (Å²) in [5.74, 6) is -0.454. The minimum atomic E-state index is -0.234. The SMILES string of the molecule is CCCNC(=O)c1cccc(NCC(=O)Nc2ccc(C)c(NC(=O)CC)c2)c1.